The molecule has 0 heterocycles. The fourth-order valence-corrected chi connectivity index (χ4v) is 0. The second-order valence-corrected chi connectivity index (χ2v) is 9.86. The Balaban J connectivity index is 3.79. The predicted octanol–water partition coefficient (Wildman–Crippen LogP) is -3.79. The molecule has 7 heavy (non-hydrogen) atoms. The minimum Gasteiger partial charge on any atom is -0.329 e. The Morgan fingerprint density at radius 1 is 1.57 bits per heavy atom. The van der Waals surface area contributed by atoms with Gasteiger partial charge in [-0.05, 0) is 4.79 Å². The van der Waals surface area contributed by atoms with Crippen LogP contribution in [0.3, 0.4) is 0 Å². The van der Waals surface area contributed by atoms with Crippen LogP contribution in [0.4, 0.5) is 0 Å². The van der Waals surface area contributed by atoms with Crippen molar-refractivity contribution in [1.82, 2.24) is 0 Å². The maximum atomic E-state index is 5.74. The lowest BCUT2D eigenvalue weighted by molar-refractivity contribution is 1.02. The van der Waals surface area contributed by atoms with Crippen LogP contribution < -0.4 is 5.73 Å². The van der Waals surface area contributed by atoms with Crippen molar-refractivity contribution >= 4 is 30.7 Å². The second kappa shape index (κ2) is 2.08. The number of nitrogens with two attached hydrogens (primary N) is 1. The smallest absolute Gasteiger partial charge is 0.0340 e. The van der Waals surface area contributed by atoms with E-state index in [0.717, 1.165) is 30.7 Å². The van der Waals surface area contributed by atoms with E-state index >= 15 is 0 Å². The highest BCUT2D eigenvalue weighted by atomic mass is 28.2. The first-order valence-electron chi connectivity index (χ1n) is 2.39. The molecule has 42 valence electrons. The summed E-state index contributed by atoms with van der Waals surface area (Å²) < 4.78 is 0. The molecule has 0 saturated carbocycles. The Labute approximate surface area is 53.6 Å². The molecular formula is C3H13NSi3. The first kappa shape index (κ1) is 7.35. The third kappa shape index (κ3) is 2.98. The van der Waals surface area contributed by atoms with E-state index in [2.05, 4.69) is 6.58 Å². The fraction of sp³-hybridized carbons (Fsp3) is 0.333. The van der Waals surface area contributed by atoms with Gasteiger partial charge in [0.2, 0.25) is 0 Å². The lowest BCUT2D eigenvalue weighted by Crippen LogP contribution is -2.42. The van der Waals surface area contributed by atoms with E-state index in [1.807, 2.05) is 0 Å². The van der Waals surface area contributed by atoms with Crippen LogP contribution in [-0.4, -0.2) is 35.5 Å². The van der Waals surface area contributed by atoms with Gasteiger partial charge in [-0.2, -0.15) is 0 Å². The third-order valence-electron chi connectivity index (χ3n) is 1.10. The maximum Gasteiger partial charge on any atom is 0.0340 e. The van der Waals surface area contributed by atoms with Crippen molar-refractivity contribution in [3.63, 3.8) is 0 Å². The van der Waals surface area contributed by atoms with Crippen molar-refractivity contribution < 1.29 is 0 Å². The molecule has 4 heteroatoms. The van der Waals surface area contributed by atoms with E-state index in [1.54, 1.807) is 0 Å². The van der Waals surface area contributed by atoms with Gasteiger partial charge in [-0.3, -0.25) is 0 Å². The molecular weight excluding hydrogens is 134 g/mol. The molecule has 0 aliphatic rings. The van der Waals surface area contributed by atoms with E-state index in [-0.39, 0.29) is 4.79 Å². The van der Waals surface area contributed by atoms with Crippen LogP contribution in [0.5, 0.6) is 0 Å². The molecule has 1 nitrogen and oxygen atoms in total. The zero-order valence-electron chi connectivity index (χ0n) is 5.28. The Morgan fingerprint density at radius 2 is 1.71 bits per heavy atom. The summed E-state index contributed by atoms with van der Waals surface area (Å²) >= 11 is 0. The molecule has 2 N–H and O–H groups in total. The van der Waals surface area contributed by atoms with E-state index in [1.165, 1.54) is 5.20 Å². The quantitative estimate of drug-likeness (QED) is 0.379. The van der Waals surface area contributed by atoms with Crippen LogP contribution in [0.1, 0.15) is 0 Å². The number of rotatable bonds is 1. The lowest BCUT2D eigenvalue weighted by Gasteiger charge is -2.17. The molecule has 0 unspecified atom stereocenters. The Hall–Kier alpha value is 0.351. The van der Waals surface area contributed by atoms with Gasteiger partial charge in [0.15, 0.2) is 0 Å². The van der Waals surface area contributed by atoms with Gasteiger partial charge in [0.05, 0.1) is 0 Å². The standard InChI is InChI=1S/C3H13NSi3/c1-2(5)3(4,6)7/h1,4H2,5-7H3. The molecule has 0 saturated heterocycles. The van der Waals surface area contributed by atoms with Gasteiger partial charge in [-0.1, -0.05) is 5.20 Å². The summed E-state index contributed by atoms with van der Waals surface area (Å²) in [7, 11) is 3.25. The van der Waals surface area contributed by atoms with Gasteiger partial charge in [0, 0.05) is 30.7 Å². The normalized spacial score (nSPS) is 19.6. The fourth-order valence-electron chi connectivity index (χ4n) is 0. The summed E-state index contributed by atoms with van der Waals surface area (Å²) in [4.78, 5) is 0.145. The van der Waals surface area contributed by atoms with Gasteiger partial charge >= 0.3 is 0 Å². The van der Waals surface area contributed by atoms with Gasteiger partial charge in [-0.25, -0.2) is 0 Å². The average molecular weight is 147 g/mol. The zero-order valence-corrected chi connectivity index (χ0v) is 11.3. The minimum atomic E-state index is 0.145. The summed E-state index contributed by atoms with van der Waals surface area (Å²) in [5.41, 5.74) is 5.74. The van der Waals surface area contributed by atoms with Crippen LogP contribution in [0.15, 0.2) is 11.8 Å². The SMILES string of the molecule is C=C([SiH3])C(N)([SiH3])[SiH3]. The van der Waals surface area contributed by atoms with Crippen molar-refractivity contribution in [2.24, 2.45) is 5.73 Å². The van der Waals surface area contributed by atoms with Crippen molar-refractivity contribution in [3.8, 4) is 0 Å². The monoisotopic (exact) mass is 147 g/mol. The molecule has 0 radical (unpaired) electrons. The van der Waals surface area contributed by atoms with Crippen LogP contribution in [0.25, 0.3) is 0 Å². The first-order valence-corrected chi connectivity index (χ1v) is 5.39. The topological polar surface area (TPSA) is 26.0 Å². The van der Waals surface area contributed by atoms with E-state index in [9.17, 15) is 0 Å². The Kier molecular flexibility index (Phi) is 2.18. The molecule has 0 aliphatic heterocycles. The van der Waals surface area contributed by atoms with Gasteiger partial charge in [-0.15, -0.1) is 6.58 Å². The summed E-state index contributed by atoms with van der Waals surface area (Å²) in [6.07, 6.45) is 0. The highest BCUT2D eigenvalue weighted by Gasteiger charge is 2.08. The van der Waals surface area contributed by atoms with Crippen LogP contribution in [0.2, 0.25) is 0 Å². The summed E-state index contributed by atoms with van der Waals surface area (Å²) in [6.45, 7) is 3.83. The van der Waals surface area contributed by atoms with Gasteiger partial charge in [0.1, 0.15) is 0 Å². The molecule has 0 aromatic rings. The summed E-state index contributed by atoms with van der Waals surface area (Å²) in [5.74, 6) is 0. The molecule has 0 spiro atoms. The van der Waals surface area contributed by atoms with Crippen LogP contribution >= 0.6 is 0 Å². The Morgan fingerprint density at radius 3 is 1.71 bits per heavy atom. The second-order valence-electron chi connectivity index (χ2n) is 2.50. The lowest BCUT2D eigenvalue weighted by atomic mass is 10.6. The molecule has 0 aromatic heterocycles. The third-order valence-corrected chi connectivity index (χ3v) is 6.10. The van der Waals surface area contributed by atoms with Gasteiger partial charge in [0.25, 0.3) is 0 Å². The highest BCUT2D eigenvalue weighted by Crippen LogP contribution is 1.94. The highest BCUT2D eigenvalue weighted by molar-refractivity contribution is 6.47. The molecule has 0 atom stereocenters. The van der Waals surface area contributed by atoms with Gasteiger partial charge < -0.3 is 5.73 Å². The molecule has 0 bridgehead atoms. The van der Waals surface area contributed by atoms with E-state index in [0.29, 0.717) is 0 Å². The average Bonchev–Trinajstić information content (AvgIpc) is 1.31. The van der Waals surface area contributed by atoms with Crippen molar-refractivity contribution in [2.75, 3.05) is 0 Å². The maximum absolute atomic E-state index is 5.74. The predicted molar refractivity (Wildman–Crippen MR) is 45.9 cm³/mol. The van der Waals surface area contributed by atoms with E-state index in [4.69, 9.17) is 5.73 Å². The molecule has 0 amide bonds. The van der Waals surface area contributed by atoms with Crippen LogP contribution in [-0.2, 0) is 0 Å². The molecule has 0 aliphatic carbocycles. The van der Waals surface area contributed by atoms with Crippen molar-refractivity contribution in [3.05, 3.63) is 11.8 Å². The van der Waals surface area contributed by atoms with Crippen molar-refractivity contribution in [1.29, 1.82) is 0 Å². The number of hydrogen-bond acceptors (Lipinski definition) is 1. The van der Waals surface area contributed by atoms with Crippen molar-refractivity contribution in [2.45, 2.75) is 4.79 Å². The zero-order chi connectivity index (χ0) is 6.08. The minimum absolute atomic E-state index is 0.145. The van der Waals surface area contributed by atoms with Crippen LogP contribution in [0, 0.1) is 0 Å². The molecule has 0 fully saturated rings. The van der Waals surface area contributed by atoms with E-state index < -0.39 is 0 Å². The number of hydrogen-bond donors (Lipinski definition) is 1. The Bertz CT molecular complexity index is 82.7. The largest absolute Gasteiger partial charge is 0.329 e. The summed E-state index contributed by atoms with van der Waals surface area (Å²) in [6, 6.07) is 0. The molecule has 0 aromatic carbocycles. The summed E-state index contributed by atoms with van der Waals surface area (Å²) in [5, 5.41) is 1.28. The first-order chi connectivity index (χ1) is 2.94. The molecule has 0 rings (SSSR count).